The number of hydrogen-bond acceptors (Lipinski definition) is 3. The molecule has 0 spiro atoms. The number of benzene rings is 2. The summed E-state index contributed by atoms with van der Waals surface area (Å²) in [5.41, 5.74) is 1.56. The molecule has 0 fully saturated rings. The van der Waals surface area contributed by atoms with Gasteiger partial charge in [0.2, 0.25) is 0 Å². The van der Waals surface area contributed by atoms with Gasteiger partial charge in [0.15, 0.2) is 0 Å². The molecule has 2 aromatic rings. The summed E-state index contributed by atoms with van der Waals surface area (Å²) in [6.45, 7) is 4.47. The van der Waals surface area contributed by atoms with Gasteiger partial charge in [-0.1, -0.05) is 12.1 Å². The van der Waals surface area contributed by atoms with Crippen molar-refractivity contribution in [3.05, 3.63) is 59.7 Å². The number of ether oxygens (including phenoxy) is 2. The predicted molar refractivity (Wildman–Crippen MR) is 73.7 cm³/mol. The molecule has 0 saturated heterocycles. The van der Waals surface area contributed by atoms with Gasteiger partial charge in [0.05, 0.1) is 12.2 Å². The molecule has 0 aliphatic carbocycles. The first kappa shape index (κ1) is 13.1. The Kier molecular flexibility index (Phi) is 4.18. The van der Waals surface area contributed by atoms with Crippen LogP contribution in [0.15, 0.2) is 48.5 Å². The van der Waals surface area contributed by atoms with E-state index in [1.54, 1.807) is 30.3 Å². The van der Waals surface area contributed by atoms with Gasteiger partial charge in [-0.05, 0) is 55.8 Å². The molecule has 0 aliphatic rings. The Morgan fingerprint density at radius 1 is 1.05 bits per heavy atom. The summed E-state index contributed by atoms with van der Waals surface area (Å²) in [5, 5.41) is 0. The third-order valence-electron chi connectivity index (χ3n) is 2.60. The van der Waals surface area contributed by atoms with E-state index in [0.717, 1.165) is 11.3 Å². The smallest absolute Gasteiger partial charge is 0.343 e. The summed E-state index contributed by atoms with van der Waals surface area (Å²) in [7, 11) is 0. The number of carbonyl (C=O) groups excluding carboxylic acids is 1. The van der Waals surface area contributed by atoms with Gasteiger partial charge in [-0.2, -0.15) is 0 Å². The van der Waals surface area contributed by atoms with Gasteiger partial charge < -0.3 is 9.47 Å². The van der Waals surface area contributed by atoms with Crippen molar-refractivity contribution < 1.29 is 14.3 Å². The Hall–Kier alpha value is -2.29. The molecule has 0 unspecified atom stereocenters. The fourth-order valence-electron chi connectivity index (χ4n) is 1.70. The molecule has 0 N–H and O–H groups in total. The van der Waals surface area contributed by atoms with Crippen LogP contribution in [0.1, 0.15) is 22.8 Å². The van der Waals surface area contributed by atoms with Crippen LogP contribution in [-0.4, -0.2) is 12.6 Å². The van der Waals surface area contributed by atoms with Crippen molar-refractivity contribution in [1.82, 2.24) is 0 Å². The lowest BCUT2D eigenvalue weighted by atomic mass is 10.2. The molecule has 3 nitrogen and oxygen atoms in total. The largest absolute Gasteiger partial charge is 0.494 e. The van der Waals surface area contributed by atoms with Crippen LogP contribution < -0.4 is 9.47 Å². The summed E-state index contributed by atoms with van der Waals surface area (Å²) in [6.07, 6.45) is 0. The molecule has 0 saturated carbocycles. The molecule has 2 rings (SSSR count). The number of aryl methyl sites for hydroxylation is 1. The SMILES string of the molecule is CCOc1ccc(C(=O)Oc2cccc(C)c2)cc1. The molecule has 98 valence electrons. The first-order valence-corrected chi connectivity index (χ1v) is 6.21. The summed E-state index contributed by atoms with van der Waals surface area (Å²) in [6, 6.07) is 14.3. The second kappa shape index (κ2) is 6.05. The summed E-state index contributed by atoms with van der Waals surface area (Å²) >= 11 is 0. The third kappa shape index (κ3) is 3.58. The minimum absolute atomic E-state index is 0.367. The van der Waals surface area contributed by atoms with Crippen LogP contribution in [0.3, 0.4) is 0 Å². The van der Waals surface area contributed by atoms with Crippen molar-refractivity contribution in [1.29, 1.82) is 0 Å². The highest BCUT2D eigenvalue weighted by molar-refractivity contribution is 5.91. The quantitative estimate of drug-likeness (QED) is 0.619. The second-order valence-electron chi connectivity index (χ2n) is 4.16. The Morgan fingerprint density at radius 3 is 2.42 bits per heavy atom. The van der Waals surface area contributed by atoms with E-state index < -0.39 is 0 Å². The average molecular weight is 256 g/mol. The lowest BCUT2D eigenvalue weighted by Crippen LogP contribution is -2.08. The van der Waals surface area contributed by atoms with Crippen molar-refractivity contribution in [2.45, 2.75) is 13.8 Å². The minimum Gasteiger partial charge on any atom is -0.494 e. The zero-order valence-electron chi connectivity index (χ0n) is 11.1. The number of hydrogen-bond donors (Lipinski definition) is 0. The highest BCUT2D eigenvalue weighted by atomic mass is 16.5. The summed E-state index contributed by atoms with van der Waals surface area (Å²) in [4.78, 5) is 11.9. The van der Waals surface area contributed by atoms with Gasteiger partial charge in [-0.15, -0.1) is 0 Å². The Morgan fingerprint density at radius 2 is 1.79 bits per heavy atom. The van der Waals surface area contributed by atoms with Crippen LogP contribution in [0.5, 0.6) is 11.5 Å². The fraction of sp³-hybridized carbons (Fsp3) is 0.188. The lowest BCUT2D eigenvalue weighted by Gasteiger charge is -2.06. The summed E-state index contributed by atoms with van der Waals surface area (Å²) in [5.74, 6) is 0.933. The molecule has 2 aromatic carbocycles. The van der Waals surface area contributed by atoms with Gasteiger partial charge in [0.1, 0.15) is 11.5 Å². The van der Waals surface area contributed by atoms with Gasteiger partial charge >= 0.3 is 5.97 Å². The van der Waals surface area contributed by atoms with E-state index >= 15 is 0 Å². The molecule has 0 heterocycles. The van der Waals surface area contributed by atoms with Crippen molar-refractivity contribution >= 4 is 5.97 Å². The van der Waals surface area contributed by atoms with E-state index in [2.05, 4.69) is 0 Å². The lowest BCUT2D eigenvalue weighted by molar-refractivity contribution is 0.0734. The van der Waals surface area contributed by atoms with Gasteiger partial charge in [0.25, 0.3) is 0 Å². The van der Waals surface area contributed by atoms with E-state index in [1.807, 2.05) is 32.0 Å². The number of esters is 1. The van der Waals surface area contributed by atoms with E-state index in [4.69, 9.17) is 9.47 Å². The molecule has 0 bridgehead atoms. The van der Waals surface area contributed by atoms with Crippen LogP contribution in [0, 0.1) is 6.92 Å². The third-order valence-corrected chi connectivity index (χ3v) is 2.60. The number of carbonyl (C=O) groups is 1. The normalized spacial score (nSPS) is 10.0. The van der Waals surface area contributed by atoms with Crippen LogP contribution in [0.4, 0.5) is 0 Å². The van der Waals surface area contributed by atoms with Gasteiger partial charge in [-0.3, -0.25) is 0 Å². The number of rotatable bonds is 4. The average Bonchev–Trinajstić information content (AvgIpc) is 2.40. The Labute approximate surface area is 112 Å². The monoisotopic (exact) mass is 256 g/mol. The fourth-order valence-corrected chi connectivity index (χ4v) is 1.70. The Bertz CT molecular complexity index is 558. The second-order valence-corrected chi connectivity index (χ2v) is 4.16. The molecular weight excluding hydrogens is 240 g/mol. The minimum atomic E-state index is -0.367. The van der Waals surface area contributed by atoms with Crippen LogP contribution >= 0.6 is 0 Å². The molecule has 19 heavy (non-hydrogen) atoms. The molecule has 0 atom stereocenters. The Balaban J connectivity index is 2.07. The van der Waals surface area contributed by atoms with E-state index in [9.17, 15) is 4.79 Å². The van der Waals surface area contributed by atoms with Crippen molar-refractivity contribution in [3.8, 4) is 11.5 Å². The maximum absolute atomic E-state index is 11.9. The first-order valence-electron chi connectivity index (χ1n) is 6.21. The maximum atomic E-state index is 11.9. The topological polar surface area (TPSA) is 35.5 Å². The van der Waals surface area contributed by atoms with E-state index in [-0.39, 0.29) is 5.97 Å². The van der Waals surface area contributed by atoms with Crippen molar-refractivity contribution in [2.24, 2.45) is 0 Å². The molecule has 0 aliphatic heterocycles. The zero-order chi connectivity index (χ0) is 13.7. The van der Waals surface area contributed by atoms with Crippen molar-refractivity contribution in [2.75, 3.05) is 6.61 Å². The van der Waals surface area contributed by atoms with E-state index in [0.29, 0.717) is 17.9 Å². The first-order chi connectivity index (χ1) is 9.19. The van der Waals surface area contributed by atoms with Crippen LogP contribution in [-0.2, 0) is 0 Å². The highest BCUT2D eigenvalue weighted by Crippen LogP contribution is 2.16. The molecule has 0 amide bonds. The molecule has 0 radical (unpaired) electrons. The summed E-state index contributed by atoms with van der Waals surface area (Å²) < 4.78 is 10.6. The maximum Gasteiger partial charge on any atom is 0.343 e. The van der Waals surface area contributed by atoms with Gasteiger partial charge in [0, 0.05) is 0 Å². The zero-order valence-corrected chi connectivity index (χ0v) is 11.1. The van der Waals surface area contributed by atoms with Crippen molar-refractivity contribution in [3.63, 3.8) is 0 Å². The highest BCUT2D eigenvalue weighted by Gasteiger charge is 2.08. The van der Waals surface area contributed by atoms with E-state index in [1.165, 1.54) is 0 Å². The predicted octanol–water partition coefficient (Wildman–Crippen LogP) is 3.61. The molecule has 3 heteroatoms. The standard InChI is InChI=1S/C16H16O3/c1-3-18-14-9-7-13(8-10-14)16(17)19-15-6-4-5-12(2)11-15/h4-11H,3H2,1-2H3. The molecule has 0 aromatic heterocycles. The van der Waals surface area contributed by atoms with Gasteiger partial charge in [-0.25, -0.2) is 4.79 Å². The van der Waals surface area contributed by atoms with Crippen LogP contribution in [0.2, 0.25) is 0 Å². The van der Waals surface area contributed by atoms with Crippen LogP contribution in [0.25, 0.3) is 0 Å². The molecular formula is C16H16O3.